The van der Waals surface area contributed by atoms with Gasteiger partial charge in [0.2, 0.25) is 0 Å². The molecule has 0 radical (unpaired) electrons. The molecular formula is C8H15KN2S2. The third-order valence-electron chi connectivity index (χ3n) is 1.43. The molecule has 1 N–H and O–H groups in total. The van der Waals surface area contributed by atoms with Crippen LogP contribution in [-0.4, -0.2) is 10.5 Å². The molecule has 2 nitrogen and oxygen atoms in total. The van der Waals surface area contributed by atoms with Crippen molar-refractivity contribution in [1.29, 1.82) is 0 Å². The van der Waals surface area contributed by atoms with E-state index in [1.807, 2.05) is 6.21 Å². The summed E-state index contributed by atoms with van der Waals surface area (Å²) in [5.41, 5.74) is 2.55. The Labute approximate surface area is 134 Å². The maximum atomic E-state index is 4.61. The van der Waals surface area contributed by atoms with Crippen LogP contribution in [0.25, 0.3) is 0 Å². The van der Waals surface area contributed by atoms with Gasteiger partial charge in [-0.3, -0.25) is 5.43 Å². The molecule has 0 heterocycles. The molecule has 0 aliphatic carbocycles. The van der Waals surface area contributed by atoms with Crippen molar-refractivity contribution in [2.75, 3.05) is 0 Å². The monoisotopic (exact) mass is 242 g/mol. The number of hydrazone groups is 1. The number of nitrogens with zero attached hydrogens (tertiary/aromatic N) is 1. The Kier molecular flexibility index (Phi) is 17.4. The molecule has 0 bridgehead atoms. The fourth-order valence-corrected chi connectivity index (χ4v) is 0.931. The molecule has 13 heavy (non-hydrogen) atoms. The van der Waals surface area contributed by atoms with E-state index < -0.39 is 0 Å². The molecule has 0 aliphatic rings. The van der Waals surface area contributed by atoms with Crippen LogP contribution >= 0.6 is 12.2 Å². The summed E-state index contributed by atoms with van der Waals surface area (Å²) in [4.78, 5) is 0. The number of hydrogen-bond acceptors (Lipinski definition) is 3. The van der Waals surface area contributed by atoms with Gasteiger partial charge < -0.3 is 24.8 Å². The maximum absolute atomic E-state index is 4.61. The summed E-state index contributed by atoms with van der Waals surface area (Å²) in [5, 5.41) is 3.85. The van der Waals surface area contributed by atoms with Gasteiger partial charge in [0.15, 0.2) is 0 Å². The molecule has 0 rings (SSSR count). The second-order valence-corrected chi connectivity index (χ2v) is 3.64. The van der Waals surface area contributed by atoms with Crippen molar-refractivity contribution in [2.24, 2.45) is 5.10 Å². The minimum absolute atomic E-state index is 0. The Balaban J connectivity index is 0. The number of nitrogens with one attached hydrogen (secondary N) is 1. The van der Waals surface area contributed by atoms with E-state index in [2.05, 4.69) is 42.3 Å². The van der Waals surface area contributed by atoms with Gasteiger partial charge in [0.05, 0.1) is 0 Å². The standard InChI is InChI=1S/C8H16N2S2.K/c1-2-3-4-5-6-7-9-10-8(11)12;/h7H,2-6H2,1H3,(H2,10,11,12);/q;+1/p-1/b9-7+;. The van der Waals surface area contributed by atoms with Crippen LogP contribution in [0.3, 0.4) is 0 Å². The molecule has 0 unspecified atom stereocenters. The first-order valence-corrected chi connectivity index (χ1v) is 5.07. The van der Waals surface area contributed by atoms with Crippen LogP contribution in [0.4, 0.5) is 0 Å². The Bertz CT molecular complexity index is 151. The molecular weight excluding hydrogens is 227 g/mol. The van der Waals surface area contributed by atoms with Crippen LogP contribution in [0.2, 0.25) is 0 Å². The topological polar surface area (TPSA) is 24.4 Å². The van der Waals surface area contributed by atoms with Crippen LogP contribution in [0.5, 0.6) is 0 Å². The van der Waals surface area contributed by atoms with Gasteiger partial charge in [-0.05, 0) is 17.2 Å². The zero-order chi connectivity index (χ0) is 9.23. The number of rotatable bonds is 6. The first kappa shape index (κ1) is 16.8. The van der Waals surface area contributed by atoms with Crippen LogP contribution in [0, 0.1) is 0 Å². The van der Waals surface area contributed by atoms with Gasteiger partial charge in [-0.1, -0.05) is 26.2 Å². The molecule has 0 aliphatic heterocycles. The number of hydrogen-bond donors (Lipinski definition) is 1. The van der Waals surface area contributed by atoms with E-state index in [9.17, 15) is 0 Å². The summed E-state index contributed by atoms with van der Waals surface area (Å²) in [5.74, 6) is 0. The van der Waals surface area contributed by atoms with Crippen LogP contribution in [0.1, 0.15) is 39.0 Å². The smallest absolute Gasteiger partial charge is 0.410 e. The van der Waals surface area contributed by atoms with E-state index in [4.69, 9.17) is 0 Å². The maximum Gasteiger partial charge on any atom is 1.00 e. The fraction of sp³-hybridized carbons (Fsp3) is 0.750. The van der Waals surface area contributed by atoms with Crippen molar-refractivity contribution in [3.63, 3.8) is 0 Å². The third-order valence-corrected chi connectivity index (χ3v) is 1.62. The first-order valence-electron chi connectivity index (χ1n) is 4.26. The fourth-order valence-electron chi connectivity index (χ4n) is 0.825. The molecule has 0 spiro atoms. The molecule has 70 valence electrons. The summed E-state index contributed by atoms with van der Waals surface area (Å²) in [6, 6.07) is 0. The quantitative estimate of drug-likeness (QED) is 0.168. The van der Waals surface area contributed by atoms with Crippen LogP contribution in [0.15, 0.2) is 5.10 Å². The van der Waals surface area contributed by atoms with Crippen molar-refractivity contribution in [1.82, 2.24) is 5.43 Å². The van der Waals surface area contributed by atoms with Crippen LogP contribution in [-0.2, 0) is 12.6 Å². The molecule has 0 saturated heterocycles. The van der Waals surface area contributed by atoms with E-state index in [1.54, 1.807) is 0 Å². The van der Waals surface area contributed by atoms with E-state index in [0.717, 1.165) is 6.42 Å². The summed E-state index contributed by atoms with van der Waals surface area (Å²) in [6.07, 6.45) is 7.88. The summed E-state index contributed by atoms with van der Waals surface area (Å²) in [7, 11) is 0. The van der Waals surface area contributed by atoms with Crippen LogP contribution < -0.4 is 56.8 Å². The Morgan fingerprint density at radius 1 is 1.46 bits per heavy atom. The molecule has 0 amide bonds. The second-order valence-electron chi connectivity index (χ2n) is 2.56. The molecule has 5 heteroatoms. The molecule has 0 fully saturated rings. The predicted octanol–water partition coefficient (Wildman–Crippen LogP) is -0.632. The van der Waals surface area contributed by atoms with Crippen molar-refractivity contribution >= 4 is 35.4 Å². The van der Waals surface area contributed by atoms with Gasteiger partial charge in [-0.2, -0.15) is 5.10 Å². The summed E-state index contributed by atoms with van der Waals surface area (Å²) >= 11 is 9.21. The normalized spacial score (nSPS) is 9.62. The Hall–Kier alpha value is 1.42. The van der Waals surface area contributed by atoms with Gasteiger partial charge in [-0.25, -0.2) is 0 Å². The van der Waals surface area contributed by atoms with Crippen molar-refractivity contribution in [3.8, 4) is 0 Å². The number of unbranched alkanes of at least 4 members (excludes halogenated alkanes) is 4. The first-order chi connectivity index (χ1) is 5.77. The Morgan fingerprint density at radius 2 is 2.15 bits per heavy atom. The SMILES string of the molecule is CCCCCC/C=N/NC(=S)[S-].[K+]. The van der Waals surface area contributed by atoms with E-state index in [-0.39, 0.29) is 51.4 Å². The Morgan fingerprint density at radius 3 is 2.69 bits per heavy atom. The zero-order valence-electron chi connectivity index (χ0n) is 8.38. The molecule has 0 aromatic carbocycles. The summed E-state index contributed by atoms with van der Waals surface area (Å²) < 4.78 is 0.305. The predicted molar refractivity (Wildman–Crippen MR) is 60.3 cm³/mol. The molecule has 0 atom stereocenters. The zero-order valence-corrected chi connectivity index (χ0v) is 13.1. The van der Waals surface area contributed by atoms with Gasteiger partial charge in [0.1, 0.15) is 0 Å². The largest absolute Gasteiger partial charge is 1.00 e. The molecule has 0 aromatic rings. The van der Waals surface area contributed by atoms with Crippen molar-refractivity contribution < 1.29 is 51.4 Å². The molecule has 0 aromatic heterocycles. The van der Waals surface area contributed by atoms with Gasteiger partial charge >= 0.3 is 51.4 Å². The summed E-state index contributed by atoms with van der Waals surface area (Å²) in [6.45, 7) is 2.20. The number of thiocarbonyl (C=S) groups is 1. The van der Waals surface area contributed by atoms with Crippen molar-refractivity contribution in [2.45, 2.75) is 39.0 Å². The van der Waals surface area contributed by atoms with Gasteiger partial charge in [-0.15, -0.1) is 0 Å². The molecule has 0 saturated carbocycles. The van der Waals surface area contributed by atoms with E-state index >= 15 is 0 Å². The van der Waals surface area contributed by atoms with Gasteiger partial charge in [0, 0.05) is 6.21 Å². The average Bonchev–Trinajstić information content (AvgIpc) is 2.02. The van der Waals surface area contributed by atoms with E-state index in [1.165, 1.54) is 25.7 Å². The average molecular weight is 242 g/mol. The van der Waals surface area contributed by atoms with E-state index in [0.29, 0.717) is 4.32 Å². The third kappa shape index (κ3) is 16.1. The van der Waals surface area contributed by atoms with Crippen molar-refractivity contribution in [3.05, 3.63) is 0 Å². The second kappa shape index (κ2) is 13.4. The minimum atomic E-state index is 0. The minimum Gasteiger partial charge on any atom is -0.410 e. The van der Waals surface area contributed by atoms with Gasteiger partial charge in [0.25, 0.3) is 0 Å².